The Bertz CT molecular complexity index is 576. The van der Waals surface area contributed by atoms with Gasteiger partial charge in [0.25, 0.3) is 0 Å². The fraction of sp³-hybridized carbons (Fsp3) is 0.500. The molecule has 2 unspecified atom stereocenters. The molecule has 0 bridgehead atoms. The van der Waals surface area contributed by atoms with E-state index in [4.69, 9.17) is 4.98 Å². The van der Waals surface area contributed by atoms with Crippen molar-refractivity contribution >= 4 is 27.0 Å². The predicted octanol–water partition coefficient (Wildman–Crippen LogP) is 3.69. The van der Waals surface area contributed by atoms with E-state index in [2.05, 4.69) is 52.2 Å². The Hall–Kier alpha value is -0.870. The Labute approximate surface area is 116 Å². The molecule has 2 heterocycles. The van der Waals surface area contributed by atoms with E-state index in [1.807, 2.05) is 0 Å². The summed E-state index contributed by atoms with van der Waals surface area (Å²) in [5.74, 6) is 1.72. The summed E-state index contributed by atoms with van der Waals surface area (Å²) in [6.45, 7) is 5.50. The van der Waals surface area contributed by atoms with Crippen molar-refractivity contribution in [3.63, 3.8) is 0 Å². The number of fused-ring (bicyclic) bond motifs is 1. The van der Waals surface area contributed by atoms with Gasteiger partial charge in [0.05, 0.1) is 17.1 Å². The predicted molar refractivity (Wildman–Crippen MR) is 77.7 cm³/mol. The van der Waals surface area contributed by atoms with Crippen molar-refractivity contribution in [2.24, 2.45) is 5.92 Å². The molecule has 2 aromatic rings. The molecule has 1 aromatic heterocycles. The van der Waals surface area contributed by atoms with Crippen molar-refractivity contribution in [3.05, 3.63) is 28.0 Å². The smallest absolute Gasteiger partial charge is 0.124 e. The second-order valence-electron chi connectivity index (χ2n) is 5.29. The number of H-pyrrole nitrogens is 1. The quantitative estimate of drug-likeness (QED) is 0.843. The van der Waals surface area contributed by atoms with E-state index < -0.39 is 0 Å². The maximum atomic E-state index is 4.79. The minimum absolute atomic E-state index is 0.365. The number of nitrogens with one attached hydrogen (secondary N) is 2. The molecule has 1 fully saturated rings. The number of piperidine rings is 1. The van der Waals surface area contributed by atoms with Crippen LogP contribution in [0.25, 0.3) is 11.0 Å². The maximum absolute atomic E-state index is 4.79. The van der Waals surface area contributed by atoms with E-state index in [1.54, 1.807) is 0 Å². The second-order valence-corrected chi connectivity index (χ2v) is 6.21. The third kappa shape index (κ3) is 2.08. The highest BCUT2D eigenvalue weighted by molar-refractivity contribution is 9.10. The molecule has 0 spiro atoms. The summed E-state index contributed by atoms with van der Waals surface area (Å²) in [6.07, 6.45) is 2.54. The lowest BCUT2D eigenvalue weighted by molar-refractivity contribution is 0.296. The second kappa shape index (κ2) is 4.67. The lowest BCUT2D eigenvalue weighted by Gasteiger charge is -2.28. The standard InChI is InChI=1S/C14H18BrN3/c1-8-4-3-5-16-13(8)14-17-11-7-10(15)6-9(2)12(11)18-14/h6-8,13,16H,3-5H2,1-2H3,(H,17,18). The van der Waals surface area contributed by atoms with E-state index in [0.717, 1.165) is 27.9 Å². The molecular weight excluding hydrogens is 290 g/mol. The zero-order valence-corrected chi connectivity index (χ0v) is 12.3. The minimum Gasteiger partial charge on any atom is -0.341 e. The summed E-state index contributed by atoms with van der Waals surface area (Å²) in [4.78, 5) is 8.26. The number of aryl methyl sites for hydroxylation is 1. The molecule has 0 aliphatic carbocycles. The summed E-state index contributed by atoms with van der Waals surface area (Å²) >= 11 is 3.54. The number of imidazole rings is 1. The van der Waals surface area contributed by atoms with Crippen molar-refractivity contribution in [1.82, 2.24) is 15.3 Å². The fourth-order valence-corrected chi connectivity index (χ4v) is 3.40. The van der Waals surface area contributed by atoms with E-state index in [0.29, 0.717) is 12.0 Å². The number of benzene rings is 1. The molecular formula is C14H18BrN3. The molecule has 2 atom stereocenters. The first kappa shape index (κ1) is 12.2. The average Bonchev–Trinajstić information content (AvgIpc) is 2.73. The SMILES string of the molecule is Cc1cc(Br)cc2[nH]c(C3NCCCC3C)nc12. The molecule has 0 amide bonds. The number of nitrogens with zero attached hydrogens (tertiary/aromatic N) is 1. The molecule has 1 aromatic carbocycles. The number of aromatic nitrogens is 2. The van der Waals surface area contributed by atoms with Crippen molar-refractivity contribution in [2.45, 2.75) is 32.7 Å². The highest BCUT2D eigenvalue weighted by atomic mass is 79.9. The molecule has 0 saturated carbocycles. The molecule has 1 aliphatic rings. The minimum atomic E-state index is 0.365. The van der Waals surface area contributed by atoms with E-state index >= 15 is 0 Å². The molecule has 3 rings (SSSR count). The highest BCUT2D eigenvalue weighted by Gasteiger charge is 2.25. The van der Waals surface area contributed by atoms with Crippen LogP contribution in [0.1, 0.15) is 37.2 Å². The first-order valence-corrected chi connectivity index (χ1v) is 7.33. The van der Waals surface area contributed by atoms with Crippen molar-refractivity contribution < 1.29 is 0 Å². The van der Waals surface area contributed by atoms with E-state index in [1.165, 1.54) is 18.4 Å². The van der Waals surface area contributed by atoms with Gasteiger partial charge < -0.3 is 10.3 Å². The monoisotopic (exact) mass is 307 g/mol. The zero-order valence-electron chi connectivity index (χ0n) is 10.8. The van der Waals surface area contributed by atoms with Crippen LogP contribution in [0.4, 0.5) is 0 Å². The number of rotatable bonds is 1. The zero-order chi connectivity index (χ0) is 12.7. The van der Waals surface area contributed by atoms with Gasteiger partial charge in [0.15, 0.2) is 0 Å². The molecule has 96 valence electrons. The Morgan fingerprint density at radius 1 is 1.39 bits per heavy atom. The average molecular weight is 308 g/mol. The van der Waals surface area contributed by atoms with Crippen molar-refractivity contribution in [2.75, 3.05) is 6.54 Å². The van der Waals surface area contributed by atoms with Gasteiger partial charge in [-0.05, 0) is 49.9 Å². The van der Waals surface area contributed by atoms with Crippen LogP contribution in [0.5, 0.6) is 0 Å². The number of hydrogen-bond donors (Lipinski definition) is 2. The third-order valence-electron chi connectivity index (χ3n) is 3.82. The first-order valence-electron chi connectivity index (χ1n) is 6.54. The van der Waals surface area contributed by atoms with Crippen LogP contribution in [0.2, 0.25) is 0 Å². The van der Waals surface area contributed by atoms with Gasteiger partial charge in [0.2, 0.25) is 0 Å². The van der Waals surface area contributed by atoms with Gasteiger partial charge in [-0.25, -0.2) is 4.98 Å². The highest BCUT2D eigenvalue weighted by Crippen LogP contribution is 2.30. The molecule has 18 heavy (non-hydrogen) atoms. The topological polar surface area (TPSA) is 40.7 Å². The molecule has 1 saturated heterocycles. The molecule has 4 heteroatoms. The summed E-state index contributed by atoms with van der Waals surface area (Å²) in [5.41, 5.74) is 3.43. The van der Waals surface area contributed by atoms with Gasteiger partial charge in [-0.3, -0.25) is 0 Å². The lowest BCUT2D eigenvalue weighted by Crippen LogP contribution is -2.33. The number of halogens is 1. The molecule has 0 radical (unpaired) electrons. The van der Waals surface area contributed by atoms with Crippen molar-refractivity contribution in [1.29, 1.82) is 0 Å². The summed E-state index contributed by atoms with van der Waals surface area (Å²) < 4.78 is 1.10. The van der Waals surface area contributed by atoms with Gasteiger partial charge in [0.1, 0.15) is 5.82 Å². The van der Waals surface area contributed by atoms with E-state index in [-0.39, 0.29) is 0 Å². The van der Waals surface area contributed by atoms with Crippen LogP contribution >= 0.6 is 15.9 Å². The van der Waals surface area contributed by atoms with Crippen LogP contribution in [0, 0.1) is 12.8 Å². The summed E-state index contributed by atoms with van der Waals surface area (Å²) in [6, 6.07) is 4.58. The van der Waals surface area contributed by atoms with Crippen LogP contribution in [-0.2, 0) is 0 Å². The fourth-order valence-electron chi connectivity index (χ4n) is 2.83. The van der Waals surface area contributed by atoms with Gasteiger partial charge in [-0.15, -0.1) is 0 Å². The van der Waals surface area contributed by atoms with Crippen LogP contribution in [-0.4, -0.2) is 16.5 Å². The normalized spacial score (nSPS) is 24.6. The summed E-state index contributed by atoms with van der Waals surface area (Å²) in [5, 5.41) is 3.57. The van der Waals surface area contributed by atoms with Gasteiger partial charge in [-0.1, -0.05) is 22.9 Å². The Kier molecular flexibility index (Phi) is 3.16. The molecule has 2 N–H and O–H groups in total. The number of aromatic amines is 1. The number of hydrogen-bond acceptors (Lipinski definition) is 2. The van der Waals surface area contributed by atoms with Crippen LogP contribution in [0.3, 0.4) is 0 Å². The van der Waals surface area contributed by atoms with Gasteiger partial charge in [-0.2, -0.15) is 0 Å². The van der Waals surface area contributed by atoms with Crippen LogP contribution in [0.15, 0.2) is 16.6 Å². The maximum Gasteiger partial charge on any atom is 0.124 e. The van der Waals surface area contributed by atoms with Gasteiger partial charge >= 0.3 is 0 Å². The largest absolute Gasteiger partial charge is 0.341 e. The first-order chi connectivity index (χ1) is 8.65. The Balaban J connectivity index is 2.05. The Morgan fingerprint density at radius 3 is 3.00 bits per heavy atom. The van der Waals surface area contributed by atoms with Crippen LogP contribution < -0.4 is 5.32 Å². The molecule has 1 aliphatic heterocycles. The van der Waals surface area contributed by atoms with Crippen molar-refractivity contribution in [3.8, 4) is 0 Å². The van der Waals surface area contributed by atoms with E-state index in [9.17, 15) is 0 Å². The molecule has 3 nitrogen and oxygen atoms in total. The Morgan fingerprint density at radius 2 is 2.22 bits per heavy atom. The summed E-state index contributed by atoms with van der Waals surface area (Å²) in [7, 11) is 0. The van der Waals surface area contributed by atoms with Gasteiger partial charge in [0, 0.05) is 4.47 Å². The lowest BCUT2D eigenvalue weighted by atomic mass is 9.92. The third-order valence-corrected chi connectivity index (χ3v) is 4.28.